The summed E-state index contributed by atoms with van der Waals surface area (Å²) >= 11 is 0. The van der Waals surface area contributed by atoms with E-state index in [2.05, 4.69) is 5.32 Å². The fourth-order valence-corrected chi connectivity index (χ4v) is 1.15. The molecule has 1 amide bonds. The molecule has 0 aliphatic rings. The van der Waals surface area contributed by atoms with Gasteiger partial charge in [0.05, 0.1) is 26.2 Å². The van der Waals surface area contributed by atoms with Crippen molar-refractivity contribution in [3.05, 3.63) is 0 Å². The molecule has 0 radical (unpaired) electrons. The normalized spacial score (nSPS) is 10.4. The van der Waals surface area contributed by atoms with Gasteiger partial charge >= 0.3 is 5.97 Å². The zero-order valence-electron chi connectivity index (χ0n) is 11.5. The summed E-state index contributed by atoms with van der Waals surface area (Å²) in [5.41, 5.74) is 0. The molecule has 0 aliphatic heterocycles. The summed E-state index contributed by atoms with van der Waals surface area (Å²) < 4.78 is 10.0. The number of amides is 1. The first-order chi connectivity index (χ1) is 8.56. The Bertz CT molecular complexity index is 244. The fraction of sp³-hybridized carbons (Fsp3) is 0.833. The molecule has 1 N–H and O–H groups in total. The maximum Gasteiger partial charge on any atom is 0.306 e. The molecule has 0 atom stereocenters. The summed E-state index contributed by atoms with van der Waals surface area (Å²) in [4.78, 5) is 24.3. The number of carbonyl (C=O) groups is 2. The summed E-state index contributed by atoms with van der Waals surface area (Å²) in [5, 5.41) is 2.68. The number of nitrogens with one attached hydrogen (secondary N) is 1. The Kier molecular flexibility index (Phi) is 10.3. The molecule has 0 saturated carbocycles. The number of carbonyl (C=O) groups excluding carboxylic acids is 2. The number of ether oxygens (including phenoxy) is 2. The Hall–Kier alpha value is -1.14. The second kappa shape index (κ2) is 11.0. The first kappa shape index (κ1) is 16.9. The molecule has 18 heavy (non-hydrogen) atoms. The summed E-state index contributed by atoms with van der Waals surface area (Å²) in [6.45, 7) is 4.54. The molecule has 0 aromatic rings. The second-order valence-corrected chi connectivity index (χ2v) is 4.07. The molecule has 0 unspecified atom stereocenters. The van der Waals surface area contributed by atoms with E-state index in [0.29, 0.717) is 26.4 Å². The van der Waals surface area contributed by atoms with Crippen LogP contribution < -0.4 is 5.32 Å². The average molecular weight is 260 g/mol. The number of hydrogen-bond acceptors (Lipinski definition) is 5. The van der Waals surface area contributed by atoms with Gasteiger partial charge in [0.1, 0.15) is 0 Å². The highest BCUT2D eigenvalue weighted by Crippen LogP contribution is 1.92. The molecule has 0 aliphatic carbocycles. The fourth-order valence-electron chi connectivity index (χ4n) is 1.15. The summed E-state index contributed by atoms with van der Waals surface area (Å²) in [6.07, 6.45) is 0.289. The molecule has 0 bridgehead atoms. The first-order valence-corrected chi connectivity index (χ1v) is 6.21. The van der Waals surface area contributed by atoms with E-state index in [1.807, 2.05) is 19.0 Å². The van der Waals surface area contributed by atoms with E-state index in [1.165, 1.54) is 0 Å². The lowest BCUT2D eigenvalue weighted by Gasteiger charge is -2.10. The Morgan fingerprint density at radius 3 is 2.50 bits per heavy atom. The van der Waals surface area contributed by atoms with Crippen molar-refractivity contribution < 1.29 is 19.1 Å². The first-order valence-electron chi connectivity index (χ1n) is 6.21. The smallest absolute Gasteiger partial charge is 0.306 e. The Morgan fingerprint density at radius 1 is 1.17 bits per heavy atom. The van der Waals surface area contributed by atoms with Crippen LogP contribution in [0.3, 0.4) is 0 Å². The van der Waals surface area contributed by atoms with Gasteiger partial charge < -0.3 is 19.7 Å². The number of nitrogens with zero attached hydrogens (tertiary/aromatic N) is 1. The Labute approximate surface area is 109 Å². The molecule has 0 saturated heterocycles. The highest BCUT2D eigenvalue weighted by molar-refractivity contribution is 5.81. The van der Waals surface area contributed by atoms with E-state index < -0.39 is 0 Å². The predicted octanol–water partition coefficient (Wildman–Crippen LogP) is 0.0241. The summed E-state index contributed by atoms with van der Waals surface area (Å²) in [6, 6.07) is 0. The van der Waals surface area contributed by atoms with Gasteiger partial charge in [-0.15, -0.1) is 0 Å². The van der Waals surface area contributed by atoms with Gasteiger partial charge in [0.15, 0.2) is 0 Å². The lowest BCUT2D eigenvalue weighted by Crippen LogP contribution is -2.28. The minimum Gasteiger partial charge on any atom is -0.466 e. The standard InChI is InChI=1S/C12H24N2O4/c1-4-18-12(16)6-5-11(15)13-7-9-17-10-8-14(2)3/h4-10H2,1-3H3,(H,13,15). The van der Waals surface area contributed by atoms with Crippen LogP contribution in [0.15, 0.2) is 0 Å². The van der Waals surface area contributed by atoms with Crippen LogP contribution in [0.2, 0.25) is 0 Å². The van der Waals surface area contributed by atoms with Crippen molar-refractivity contribution in [2.24, 2.45) is 0 Å². The van der Waals surface area contributed by atoms with Crippen LogP contribution in [-0.4, -0.2) is 63.8 Å². The van der Waals surface area contributed by atoms with Gasteiger partial charge in [0.25, 0.3) is 0 Å². The minimum absolute atomic E-state index is 0.126. The second-order valence-electron chi connectivity index (χ2n) is 4.07. The molecule has 0 spiro atoms. The summed E-state index contributed by atoms with van der Waals surface area (Å²) in [5.74, 6) is -0.492. The van der Waals surface area contributed by atoms with Gasteiger partial charge in [0, 0.05) is 19.5 Å². The van der Waals surface area contributed by atoms with E-state index in [-0.39, 0.29) is 24.7 Å². The zero-order valence-corrected chi connectivity index (χ0v) is 11.5. The van der Waals surface area contributed by atoms with Crippen molar-refractivity contribution in [2.45, 2.75) is 19.8 Å². The van der Waals surface area contributed by atoms with Crippen LogP contribution >= 0.6 is 0 Å². The number of hydrogen-bond donors (Lipinski definition) is 1. The monoisotopic (exact) mass is 260 g/mol. The topological polar surface area (TPSA) is 67.9 Å². The van der Waals surface area contributed by atoms with Crippen LogP contribution in [0.4, 0.5) is 0 Å². The Morgan fingerprint density at radius 2 is 1.89 bits per heavy atom. The summed E-state index contributed by atoms with van der Waals surface area (Å²) in [7, 11) is 3.95. The van der Waals surface area contributed by atoms with E-state index in [9.17, 15) is 9.59 Å². The molecule has 0 fully saturated rings. The zero-order chi connectivity index (χ0) is 13.8. The van der Waals surface area contributed by atoms with E-state index in [4.69, 9.17) is 9.47 Å². The molecule has 0 aromatic heterocycles. The number of rotatable bonds is 10. The Balaban J connectivity index is 3.34. The molecule has 6 heteroatoms. The van der Waals surface area contributed by atoms with Gasteiger partial charge in [-0.2, -0.15) is 0 Å². The highest BCUT2D eigenvalue weighted by atomic mass is 16.5. The number of esters is 1. The highest BCUT2D eigenvalue weighted by Gasteiger charge is 2.06. The van der Waals surface area contributed by atoms with Gasteiger partial charge in [0.2, 0.25) is 5.91 Å². The molecule has 6 nitrogen and oxygen atoms in total. The third kappa shape index (κ3) is 11.3. The molecule has 0 rings (SSSR count). The minimum atomic E-state index is -0.338. The third-order valence-corrected chi connectivity index (χ3v) is 2.11. The van der Waals surface area contributed by atoms with E-state index in [0.717, 1.165) is 6.54 Å². The SMILES string of the molecule is CCOC(=O)CCC(=O)NCCOCCN(C)C. The van der Waals surface area contributed by atoms with E-state index in [1.54, 1.807) is 6.92 Å². The van der Waals surface area contributed by atoms with Crippen molar-refractivity contribution in [3.63, 3.8) is 0 Å². The molecular weight excluding hydrogens is 236 g/mol. The number of likely N-dealkylation sites (N-methyl/N-ethyl adjacent to an activating group) is 1. The largest absolute Gasteiger partial charge is 0.466 e. The van der Waals surface area contributed by atoms with Gasteiger partial charge in [-0.3, -0.25) is 9.59 Å². The van der Waals surface area contributed by atoms with Gasteiger partial charge in [-0.1, -0.05) is 0 Å². The molecular formula is C12H24N2O4. The lowest BCUT2D eigenvalue weighted by atomic mass is 10.3. The molecule has 0 heterocycles. The van der Waals surface area contributed by atoms with Gasteiger partial charge in [-0.05, 0) is 21.0 Å². The van der Waals surface area contributed by atoms with E-state index >= 15 is 0 Å². The van der Waals surface area contributed by atoms with Crippen molar-refractivity contribution in [3.8, 4) is 0 Å². The van der Waals surface area contributed by atoms with Crippen LogP contribution in [0.5, 0.6) is 0 Å². The van der Waals surface area contributed by atoms with Crippen LogP contribution in [0.25, 0.3) is 0 Å². The quantitative estimate of drug-likeness (QED) is 0.443. The van der Waals surface area contributed by atoms with Crippen molar-refractivity contribution in [1.82, 2.24) is 10.2 Å². The lowest BCUT2D eigenvalue weighted by molar-refractivity contribution is -0.144. The van der Waals surface area contributed by atoms with Crippen LogP contribution in [0, 0.1) is 0 Å². The van der Waals surface area contributed by atoms with Crippen LogP contribution in [-0.2, 0) is 19.1 Å². The van der Waals surface area contributed by atoms with Crippen molar-refractivity contribution in [2.75, 3.05) is 47.0 Å². The van der Waals surface area contributed by atoms with Crippen molar-refractivity contribution >= 4 is 11.9 Å². The maximum absolute atomic E-state index is 11.3. The van der Waals surface area contributed by atoms with Gasteiger partial charge in [-0.25, -0.2) is 0 Å². The maximum atomic E-state index is 11.3. The van der Waals surface area contributed by atoms with Crippen LogP contribution in [0.1, 0.15) is 19.8 Å². The predicted molar refractivity (Wildman–Crippen MR) is 68.2 cm³/mol. The average Bonchev–Trinajstić information content (AvgIpc) is 2.31. The van der Waals surface area contributed by atoms with Crippen molar-refractivity contribution in [1.29, 1.82) is 0 Å². The molecule has 0 aromatic carbocycles. The molecule has 106 valence electrons. The third-order valence-electron chi connectivity index (χ3n) is 2.11.